The molecule has 0 aliphatic carbocycles. The molecule has 0 aromatic rings. The van der Waals surface area contributed by atoms with Gasteiger partial charge in [-0.05, 0) is 47.8 Å². The van der Waals surface area contributed by atoms with E-state index in [4.69, 9.17) is 6.42 Å². The van der Waals surface area contributed by atoms with Gasteiger partial charge in [-0.1, -0.05) is 85.0 Å². The number of halogens is 1. The Labute approximate surface area is 173 Å². The van der Waals surface area contributed by atoms with Crippen LogP contribution in [-0.2, 0) is 0 Å². The highest BCUT2D eigenvalue weighted by atomic mass is 127. The fourth-order valence-electron chi connectivity index (χ4n) is 3.67. The molecule has 0 amide bonds. The van der Waals surface area contributed by atoms with Crippen LogP contribution in [0.25, 0.3) is 0 Å². The monoisotopic (exact) mass is 462 g/mol. The van der Waals surface area contributed by atoms with Gasteiger partial charge in [-0.15, -0.1) is 6.42 Å². The van der Waals surface area contributed by atoms with Gasteiger partial charge >= 0.3 is 0 Å². The number of unbranched alkanes of at least 4 members (excludes halogenated alkanes) is 10. The Morgan fingerprint density at radius 3 is 1.60 bits per heavy atom. The second kappa shape index (κ2) is 17.7. The van der Waals surface area contributed by atoms with E-state index in [0.29, 0.717) is 4.05 Å². The molecule has 0 aliphatic heterocycles. The van der Waals surface area contributed by atoms with E-state index in [1.54, 1.807) is 0 Å². The fourth-order valence-corrected chi connectivity index (χ4v) is 4.87. The minimum Gasteiger partial charge on any atom is -0.303 e. The van der Waals surface area contributed by atoms with Crippen LogP contribution in [0.2, 0.25) is 0 Å². The second-order valence-corrected chi connectivity index (χ2v) is 9.22. The van der Waals surface area contributed by atoms with Crippen LogP contribution in [0.1, 0.15) is 111 Å². The highest BCUT2D eigenvalue weighted by Crippen LogP contribution is 2.27. The third kappa shape index (κ3) is 12.3. The topological polar surface area (TPSA) is 0 Å². The summed E-state index contributed by atoms with van der Waals surface area (Å²) in [5, 5.41) is 0. The number of rotatable bonds is 18. The first-order valence-corrected chi connectivity index (χ1v) is 12.3. The van der Waals surface area contributed by atoms with Crippen molar-refractivity contribution in [2.75, 3.05) is 19.6 Å². The molecule has 0 aliphatic rings. The standard InChI is InChI=1S/C23H45IN/c1-5-9-12-13-14-15-16-17-18-19-23(24)25(20-8-4,21-10-6-2)22-11-7-3/h4,23H,5-7,9-22H2,1-3H3/q+1. The fraction of sp³-hybridized carbons (Fsp3) is 0.913. The molecule has 0 fully saturated rings. The molecular weight excluding hydrogens is 417 g/mol. The largest absolute Gasteiger partial charge is 0.303 e. The first-order chi connectivity index (χ1) is 12.2. The Morgan fingerprint density at radius 2 is 1.16 bits per heavy atom. The Hall–Kier alpha value is 0.250. The Kier molecular flexibility index (Phi) is 17.8. The molecule has 0 rings (SSSR count). The number of quaternary nitrogens is 1. The molecule has 1 unspecified atom stereocenters. The molecule has 0 spiro atoms. The maximum absolute atomic E-state index is 5.77. The van der Waals surface area contributed by atoms with Crippen LogP contribution >= 0.6 is 22.6 Å². The average Bonchev–Trinajstić information content (AvgIpc) is 2.62. The minimum atomic E-state index is 0.691. The van der Waals surface area contributed by atoms with Crippen LogP contribution in [-0.4, -0.2) is 28.2 Å². The minimum absolute atomic E-state index is 0.691. The lowest BCUT2D eigenvalue weighted by Gasteiger charge is -2.41. The van der Waals surface area contributed by atoms with E-state index in [1.807, 2.05) is 0 Å². The number of nitrogens with zero attached hydrogens (tertiary/aromatic N) is 1. The van der Waals surface area contributed by atoms with Gasteiger partial charge < -0.3 is 4.48 Å². The van der Waals surface area contributed by atoms with E-state index >= 15 is 0 Å². The smallest absolute Gasteiger partial charge is 0.141 e. The van der Waals surface area contributed by atoms with Crippen molar-refractivity contribution < 1.29 is 4.48 Å². The maximum atomic E-state index is 5.77. The summed E-state index contributed by atoms with van der Waals surface area (Å²) in [5.41, 5.74) is 0. The molecule has 0 bridgehead atoms. The Balaban J connectivity index is 4.18. The van der Waals surface area contributed by atoms with Gasteiger partial charge in [0.25, 0.3) is 0 Å². The predicted octanol–water partition coefficient (Wildman–Crippen LogP) is 7.72. The van der Waals surface area contributed by atoms with Crippen LogP contribution in [0.4, 0.5) is 0 Å². The second-order valence-electron chi connectivity index (χ2n) is 7.79. The van der Waals surface area contributed by atoms with Gasteiger partial charge in [0, 0.05) is 6.42 Å². The number of hydrogen-bond donors (Lipinski definition) is 0. The molecular formula is C23H45IN+. The zero-order chi connectivity index (χ0) is 18.8. The van der Waals surface area contributed by atoms with Crippen LogP contribution in [0, 0.1) is 12.3 Å². The van der Waals surface area contributed by atoms with Crippen molar-refractivity contribution in [3.63, 3.8) is 0 Å². The van der Waals surface area contributed by atoms with Crippen molar-refractivity contribution >= 4 is 22.6 Å². The molecule has 0 aromatic carbocycles. The molecule has 25 heavy (non-hydrogen) atoms. The highest BCUT2D eigenvalue weighted by molar-refractivity contribution is 14.1. The van der Waals surface area contributed by atoms with Gasteiger partial charge in [0.05, 0.1) is 13.1 Å². The highest BCUT2D eigenvalue weighted by Gasteiger charge is 2.32. The van der Waals surface area contributed by atoms with E-state index in [0.717, 1.165) is 11.0 Å². The summed E-state index contributed by atoms with van der Waals surface area (Å²) in [6.45, 7) is 10.4. The van der Waals surface area contributed by atoms with Gasteiger partial charge in [-0.25, -0.2) is 0 Å². The molecule has 0 radical (unpaired) electrons. The number of alkyl halides is 1. The molecule has 0 heterocycles. The summed E-state index contributed by atoms with van der Waals surface area (Å²) in [4.78, 5) is 0. The van der Waals surface area contributed by atoms with Gasteiger partial charge in [-0.2, -0.15) is 0 Å². The SMILES string of the molecule is C#CC[N+](CCCC)(CCCC)C(I)CCCCCCCCCCC. The lowest BCUT2D eigenvalue weighted by Crippen LogP contribution is -2.54. The predicted molar refractivity (Wildman–Crippen MR) is 123 cm³/mol. The third-order valence-corrected chi connectivity index (χ3v) is 7.26. The lowest BCUT2D eigenvalue weighted by molar-refractivity contribution is -0.928. The molecule has 0 saturated carbocycles. The molecule has 1 nitrogen and oxygen atoms in total. The van der Waals surface area contributed by atoms with Crippen molar-refractivity contribution in [2.45, 2.75) is 115 Å². The summed E-state index contributed by atoms with van der Waals surface area (Å²) >= 11 is 2.72. The van der Waals surface area contributed by atoms with E-state index in [-0.39, 0.29) is 0 Å². The summed E-state index contributed by atoms with van der Waals surface area (Å²) in [6, 6.07) is 0. The maximum Gasteiger partial charge on any atom is 0.141 e. The van der Waals surface area contributed by atoms with Crippen LogP contribution < -0.4 is 0 Å². The third-order valence-electron chi connectivity index (χ3n) is 5.46. The summed E-state index contributed by atoms with van der Waals surface area (Å²) in [5.74, 6) is 3.01. The molecule has 148 valence electrons. The van der Waals surface area contributed by atoms with Crippen molar-refractivity contribution in [3.05, 3.63) is 0 Å². The quantitative estimate of drug-likeness (QED) is 0.0489. The van der Waals surface area contributed by atoms with E-state index in [2.05, 4.69) is 49.3 Å². The van der Waals surface area contributed by atoms with Gasteiger partial charge in [0.1, 0.15) is 10.6 Å². The van der Waals surface area contributed by atoms with Gasteiger partial charge in [-0.3, -0.25) is 0 Å². The first kappa shape index (κ1) is 25.2. The van der Waals surface area contributed by atoms with Crippen LogP contribution in [0.3, 0.4) is 0 Å². The Morgan fingerprint density at radius 1 is 0.720 bits per heavy atom. The number of hydrogen-bond acceptors (Lipinski definition) is 0. The molecule has 1 atom stereocenters. The summed E-state index contributed by atoms with van der Waals surface area (Å²) < 4.78 is 1.85. The van der Waals surface area contributed by atoms with Gasteiger partial charge in [0.2, 0.25) is 0 Å². The van der Waals surface area contributed by atoms with Gasteiger partial charge in [0.15, 0.2) is 0 Å². The van der Waals surface area contributed by atoms with E-state index < -0.39 is 0 Å². The van der Waals surface area contributed by atoms with Crippen LogP contribution in [0.15, 0.2) is 0 Å². The first-order valence-electron chi connectivity index (χ1n) is 11.1. The van der Waals surface area contributed by atoms with Crippen molar-refractivity contribution in [2.24, 2.45) is 0 Å². The van der Waals surface area contributed by atoms with E-state index in [9.17, 15) is 0 Å². The summed E-state index contributed by atoms with van der Waals surface area (Å²) in [6.07, 6.45) is 25.0. The van der Waals surface area contributed by atoms with Crippen molar-refractivity contribution in [1.29, 1.82) is 0 Å². The zero-order valence-electron chi connectivity index (χ0n) is 17.5. The van der Waals surface area contributed by atoms with Crippen molar-refractivity contribution in [3.8, 4) is 12.3 Å². The average molecular weight is 463 g/mol. The summed E-state index contributed by atoms with van der Waals surface area (Å²) in [7, 11) is 0. The zero-order valence-corrected chi connectivity index (χ0v) is 19.7. The van der Waals surface area contributed by atoms with E-state index in [1.165, 1.54) is 103 Å². The van der Waals surface area contributed by atoms with Crippen molar-refractivity contribution in [1.82, 2.24) is 0 Å². The van der Waals surface area contributed by atoms with Crippen LogP contribution in [0.5, 0.6) is 0 Å². The molecule has 0 N–H and O–H groups in total. The lowest BCUT2D eigenvalue weighted by atomic mass is 10.1. The molecule has 0 saturated heterocycles. The number of terminal acetylenes is 1. The normalized spacial score (nSPS) is 12.9. The molecule has 2 heteroatoms. The molecule has 0 aromatic heterocycles. The Bertz CT molecular complexity index is 313.